The maximum absolute atomic E-state index is 14.6. The number of benzene rings is 4. The molecule has 4 aromatic rings. The Hall–Kier alpha value is -4.22. The van der Waals surface area contributed by atoms with Gasteiger partial charge >= 0.3 is 12.4 Å². The Morgan fingerprint density at radius 3 is 1.51 bits per heavy atom. The largest absolute Gasteiger partial charge is 0.416 e. The second kappa shape index (κ2) is 11.6. The van der Waals surface area contributed by atoms with Crippen molar-refractivity contribution in [1.29, 1.82) is 0 Å². The van der Waals surface area contributed by atoms with E-state index in [-0.39, 0.29) is 28.0 Å². The number of Topliss-reactive ketones (excluding diaryl/α,β-unsaturated/α-hetero) is 1. The molecular formula is C34H27F6NO3S. The normalized spacial score (nSPS) is 16.0. The lowest BCUT2D eigenvalue weighted by Crippen LogP contribution is -2.38. The summed E-state index contributed by atoms with van der Waals surface area (Å²) in [7, 11) is -4.20. The van der Waals surface area contributed by atoms with Crippen LogP contribution in [0, 0.1) is 13.8 Å². The summed E-state index contributed by atoms with van der Waals surface area (Å²) in [4.78, 5) is 14.5. The molecule has 0 fully saturated rings. The van der Waals surface area contributed by atoms with Gasteiger partial charge in [-0.1, -0.05) is 77.9 Å². The molecule has 1 atom stereocenters. The number of alkyl halides is 6. The highest BCUT2D eigenvalue weighted by molar-refractivity contribution is 7.89. The zero-order valence-corrected chi connectivity index (χ0v) is 24.8. The molecule has 4 aromatic carbocycles. The van der Waals surface area contributed by atoms with Crippen LogP contribution >= 0.6 is 0 Å². The molecule has 11 heteroatoms. The lowest BCUT2D eigenvalue weighted by Gasteiger charge is -2.31. The monoisotopic (exact) mass is 643 g/mol. The molecule has 0 saturated heterocycles. The van der Waals surface area contributed by atoms with Crippen molar-refractivity contribution in [3.8, 4) is 0 Å². The van der Waals surface area contributed by atoms with E-state index in [9.17, 15) is 39.6 Å². The minimum absolute atomic E-state index is 0.00864. The van der Waals surface area contributed by atoms with Crippen molar-refractivity contribution in [1.82, 2.24) is 4.72 Å². The van der Waals surface area contributed by atoms with Crippen LogP contribution in [0.2, 0.25) is 0 Å². The average Bonchev–Trinajstić information content (AvgIpc) is 3.33. The van der Waals surface area contributed by atoms with E-state index in [2.05, 4.69) is 4.72 Å². The maximum atomic E-state index is 14.6. The first kappa shape index (κ1) is 32.2. The van der Waals surface area contributed by atoms with Gasteiger partial charge in [0.05, 0.1) is 27.5 Å². The number of aryl methyl sites for hydroxylation is 2. The Labute approximate surface area is 256 Å². The van der Waals surface area contributed by atoms with Gasteiger partial charge in [0, 0.05) is 5.57 Å². The van der Waals surface area contributed by atoms with Gasteiger partial charge in [-0.15, -0.1) is 0 Å². The quantitative estimate of drug-likeness (QED) is 0.206. The van der Waals surface area contributed by atoms with E-state index in [4.69, 9.17) is 0 Å². The zero-order valence-electron chi connectivity index (χ0n) is 24.0. The van der Waals surface area contributed by atoms with E-state index in [1.165, 1.54) is 18.2 Å². The van der Waals surface area contributed by atoms with E-state index in [0.717, 1.165) is 59.7 Å². The van der Waals surface area contributed by atoms with Crippen molar-refractivity contribution in [2.24, 2.45) is 0 Å². The second-order valence-corrected chi connectivity index (χ2v) is 12.7. The summed E-state index contributed by atoms with van der Waals surface area (Å²) < 4.78 is 110. The number of allylic oxidation sites excluding steroid dienone is 1. The first-order chi connectivity index (χ1) is 21.0. The summed E-state index contributed by atoms with van der Waals surface area (Å²) in [6, 6.07) is 19.4. The van der Waals surface area contributed by atoms with Crippen molar-refractivity contribution >= 4 is 15.8 Å². The first-order valence-corrected chi connectivity index (χ1v) is 15.3. The van der Waals surface area contributed by atoms with Gasteiger partial charge in [-0.2, -0.15) is 31.1 Å². The number of halogens is 6. The first-order valence-electron chi connectivity index (χ1n) is 13.8. The highest BCUT2D eigenvalue weighted by atomic mass is 32.2. The van der Waals surface area contributed by atoms with Crippen LogP contribution < -0.4 is 4.72 Å². The fraction of sp³-hybridized carbons (Fsp3) is 0.206. The van der Waals surface area contributed by atoms with Crippen LogP contribution in [-0.4, -0.2) is 14.2 Å². The Kier molecular flexibility index (Phi) is 8.30. The Morgan fingerprint density at radius 1 is 0.667 bits per heavy atom. The standard InChI is InChI=1S/C34H27F6NO3S/c1-21-3-7-23(8-4-21)30(41-45(43,44)28-17-5-22(2)6-18-28)29-19-20-32(31(29)42,24-9-13-26(14-10-24)33(35,36)37)25-11-15-27(16-12-25)34(38,39)40/h3-19,30,41H,20H2,1-2H3/t30-/m0/s1. The number of hydrogen-bond donors (Lipinski definition) is 1. The molecule has 0 amide bonds. The number of carbonyl (C=O) groups is 1. The molecule has 0 bridgehead atoms. The summed E-state index contributed by atoms with van der Waals surface area (Å²) >= 11 is 0. The third kappa shape index (κ3) is 6.32. The van der Waals surface area contributed by atoms with E-state index in [0.29, 0.717) is 5.56 Å². The van der Waals surface area contributed by atoms with Crippen LogP contribution in [0.25, 0.3) is 0 Å². The van der Waals surface area contributed by atoms with E-state index < -0.39 is 50.7 Å². The molecule has 45 heavy (non-hydrogen) atoms. The number of rotatable bonds is 7. The summed E-state index contributed by atoms with van der Waals surface area (Å²) in [5, 5.41) is 0. The lowest BCUT2D eigenvalue weighted by molar-refractivity contribution is -0.138. The number of carbonyl (C=O) groups excluding carboxylic acids is 1. The zero-order chi connectivity index (χ0) is 32.8. The van der Waals surface area contributed by atoms with Crippen LogP contribution in [-0.2, 0) is 32.6 Å². The van der Waals surface area contributed by atoms with Gasteiger partial charge in [-0.3, -0.25) is 4.79 Å². The Balaban J connectivity index is 1.64. The smallest absolute Gasteiger partial charge is 0.293 e. The van der Waals surface area contributed by atoms with E-state index >= 15 is 0 Å². The van der Waals surface area contributed by atoms with E-state index in [1.54, 1.807) is 43.3 Å². The predicted molar refractivity (Wildman–Crippen MR) is 157 cm³/mol. The SMILES string of the molecule is Cc1ccc([C@H](NS(=O)(=O)c2ccc(C)cc2)C2=CCC(c3ccc(C(F)(F)F)cc3)(c3ccc(C(F)(F)F)cc3)C2=O)cc1. The van der Waals surface area contributed by atoms with Gasteiger partial charge in [0.1, 0.15) is 0 Å². The second-order valence-electron chi connectivity index (χ2n) is 11.0. The third-order valence-corrected chi connectivity index (χ3v) is 9.45. The van der Waals surface area contributed by atoms with Crippen LogP contribution in [0.4, 0.5) is 26.3 Å². The molecule has 1 aliphatic carbocycles. The van der Waals surface area contributed by atoms with Gasteiger partial charge in [0.2, 0.25) is 10.0 Å². The molecule has 0 aromatic heterocycles. The molecule has 0 aliphatic heterocycles. The molecule has 1 N–H and O–H groups in total. The Morgan fingerprint density at radius 2 is 1.09 bits per heavy atom. The topological polar surface area (TPSA) is 63.2 Å². The predicted octanol–water partition coefficient (Wildman–Crippen LogP) is 8.25. The summed E-state index contributed by atoms with van der Waals surface area (Å²) in [5.74, 6) is -0.654. The average molecular weight is 644 g/mol. The molecule has 0 radical (unpaired) electrons. The van der Waals surface area contributed by atoms with Crippen molar-refractivity contribution < 1.29 is 39.6 Å². The minimum atomic E-state index is -4.66. The summed E-state index contributed by atoms with van der Waals surface area (Å²) in [6.45, 7) is 3.62. The van der Waals surface area contributed by atoms with Crippen molar-refractivity contribution in [3.05, 3.63) is 148 Å². The van der Waals surface area contributed by atoms with Crippen molar-refractivity contribution in [2.75, 3.05) is 0 Å². The Bertz CT molecular complexity index is 1780. The highest BCUT2D eigenvalue weighted by Crippen LogP contribution is 2.47. The molecule has 5 rings (SSSR count). The number of nitrogens with one attached hydrogen (secondary N) is 1. The van der Waals surface area contributed by atoms with Gasteiger partial charge in [-0.05, 0) is 73.4 Å². The van der Waals surface area contributed by atoms with E-state index in [1.807, 2.05) is 6.92 Å². The maximum Gasteiger partial charge on any atom is 0.416 e. The molecule has 234 valence electrons. The third-order valence-electron chi connectivity index (χ3n) is 8.01. The molecule has 1 aliphatic rings. The number of sulfonamides is 1. The van der Waals surface area contributed by atoms with Crippen LogP contribution in [0.15, 0.2) is 114 Å². The number of hydrogen-bond acceptors (Lipinski definition) is 3. The highest BCUT2D eigenvalue weighted by Gasteiger charge is 2.49. The van der Waals surface area contributed by atoms with Gasteiger partial charge in [0.15, 0.2) is 5.78 Å². The molecule has 0 saturated carbocycles. The van der Waals surface area contributed by atoms with Crippen molar-refractivity contribution in [2.45, 2.75) is 49.0 Å². The molecule has 0 heterocycles. The molecular weight excluding hydrogens is 616 g/mol. The summed E-state index contributed by atoms with van der Waals surface area (Å²) in [6.07, 6.45) is -7.95. The molecule has 4 nitrogen and oxygen atoms in total. The van der Waals surface area contributed by atoms with Crippen LogP contribution in [0.1, 0.15) is 51.4 Å². The fourth-order valence-electron chi connectivity index (χ4n) is 5.51. The molecule has 0 unspecified atom stereocenters. The van der Waals surface area contributed by atoms with Gasteiger partial charge in [-0.25, -0.2) is 8.42 Å². The summed E-state index contributed by atoms with van der Waals surface area (Å²) in [5.41, 5.74) is -1.27. The van der Waals surface area contributed by atoms with Crippen LogP contribution in [0.5, 0.6) is 0 Å². The van der Waals surface area contributed by atoms with Gasteiger partial charge in [0.25, 0.3) is 0 Å². The minimum Gasteiger partial charge on any atom is -0.293 e. The number of ketones is 1. The molecule has 0 spiro atoms. The van der Waals surface area contributed by atoms with Crippen LogP contribution in [0.3, 0.4) is 0 Å². The van der Waals surface area contributed by atoms with Gasteiger partial charge < -0.3 is 0 Å². The lowest BCUT2D eigenvalue weighted by atomic mass is 9.70. The van der Waals surface area contributed by atoms with Crippen molar-refractivity contribution in [3.63, 3.8) is 0 Å². The fourth-order valence-corrected chi connectivity index (χ4v) is 6.71.